The second-order valence-corrected chi connectivity index (χ2v) is 9.91. The van der Waals surface area contributed by atoms with Crippen molar-refractivity contribution in [1.29, 1.82) is 0 Å². The summed E-state index contributed by atoms with van der Waals surface area (Å²) in [4.78, 5) is 12.1. The number of benzene rings is 2. The highest BCUT2D eigenvalue weighted by Gasteiger charge is 2.12. The first kappa shape index (κ1) is 32.8. The predicted octanol–water partition coefficient (Wildman–Crippen LogP) is 7.00. The van der Waals surface area contributed by atoms with E-state index in [4.69, 9.17) is 10.8 Å². The molecule has 5 heteroatoms. The summed E-state index contributed by atoms with van der Waals surface area (Å²) in [5.41, 5.74) is 7.48. The second-order valence-electron chi connectivity index (χ2n) is 9.91. The first-order chi connectivity index (χ1) is 18.1. The molecule has 0 heterocycles. The second kappa shape index (κ2) is 22.9. The first-order valence-corrected chi connectivity index (χ1v) is 14.5. The summed E-state index contributed by atoms with van der Waals surface area (Å²) in [6.07, 6.45) is 17.6. The Morgan fingerprint density at radius 1 is 0.676 bits per heavy atom. The third-order valence-corrected chi connectivity index (χ3v) is 6.65. The highest BCUT2D eigenvalue weighted by atomic mass is 16.3. The molecule has 0 aliphatic rings. The Morgan fingerprint density at radius 2 is 1.11 bits per heavy atom. The number of hydrogen-bond donors (Lipinski definition) is 4. The molecule has 208 valence electrons. The van der Waals surface area contributed by atoms with Gasteiger partial charge in [0.25, 0.3) is 0 Å². The van der Waals surface area contributed by atoms with E-state index in [0.29, 0.717) is 6.42 Å². The Balaban J connectivity index is 0.000000568. The van der Waals surface area contributed by atoms with E-state index in [0.717, 1.165) is 24.0 Å². The number of aliphatic hydroxyl groups is 2. The van der Waals surface area contributed by atoms with E-state index in [1.165, 1.54) is 70.6 Å². The van der Waals surface area contributed by atoms with Crippen molar-refractivity contribution < 1.29 is 15.0 Å². The summed E-state index contributed by atoms with van der Waals surface area (Å²) < 4.78 is 0. The maximum atomic E-state index is 12.1. The fourth-order valence-electron chi connectivity index (χ4n) is 4.30. The molecule has 2 aromatic rings. The Morgan fingerprint density at radius 3 is 1.54 bits per heavy atom. The van der Waals surface area contributed by atoms with Crippen LogP contribution in [0.3, 0.4) is 0 Å². The average Bonchev–Trinajstić information content (AvgIpc) is 2.95. The molecule has 0 spiro atoms. The number of aliphatic hydroxyl groups excluding tert-OH is 2. The van der Waals surface area contributed by atoms with Gasteiger partial charge in [0.2, 0.25) is 5.91 Å². The molecule has 0 saturated carbocycles. The number of nitrogens with one attached hydrogen (secondary N) is 1. The van der Waals surface area contributed by atoms with Crippen LogP contribution in [0.25, 0.3) is 0 Å². The Kier molecular flexibility index (Phi) is 20.4. The van der Waals surface area contributed by atoms with Gasteiger partial charge in [0, 0.05) is 6.42 Å². The quantitative estimate of drug-likeness (QED) is 0.152. The van der Waals surface area contributed by atoms with Crippen LogP contribution in [-0.4, -0.2) is 29.3 Å². The molecular formula is C32H52N2O3. The van der Waals surface area contributed by atoms with E-state index in [1.807, 2.05) is 60.7 Å². The van der Waals surface area contributed by atoms with Crippen LogP contribution in [0.1, 0.15) is 120 Å². The van der Waals surface area contributed by atoms with Crippen molar-refractivity contribution >= 4 is 5.91 Å². The van der Waals surface area contributed by atoms with Crippen LogP contribution >= 0.6 is 0 Å². The maximum absolute atomic E-state index is 12.1. The molecule has 0 saturated heterocycles. The summed E-state index contributed by atoms with van der Waals surface area (Å²) in [6.45, 7) is 2.21. The monoisotopic (exact) mass is 512 g/mol. The molecule has 1 amide bonds. The maximum Gasteiger partial charge on any atom is 0.220 e. The molecule has 0 unspecified atom stereocenters. The standard InChI is InChI=1S/C24H41NO2.C8H11NO/c1-2-3-4-5-6-7-8-9-10-11-12-13-17-20-24(27)25-23(21-26)22-18-15-14-16-19-22;9-8(6-10)7-4-2-1-3-5-7/h14-16,18-19,23,26H,2-13,17,20-21H2,1H3,(H,25,27);1-5,8,10H,6,9H2/t23-;8-/m11/s1. The van der Waals surface area contributed by atoms with Gasteiger partial charge in [0.1, 0.15) is 0 Å². The van der Waals surface area contributed by atoms with Crippen molar-refractivity contribution in [1.82, 2.24) is 5.32 Å². The normalized spacial score (nSPS) is 12.3. The largest absolute Gasteiger partial charge is 0.394 e. The van der Waals surface area contributed by atoms with Crippen LogP contribution in [0.4, 0.5) is 0 Å². The first-order valence-electron chi connectivity index (χ1n) is 14.5. The van der Waals surface area contributed by atoms with Crippen molar-refractivity contribution in [3.05, 3.63) is 71.8 Å². The summed E-state index contributed by atoms with van der Waals surface area (Å²) in [5.74, 6) is 0.0426. The Bertz CT molecular complexity index is 770. The van der Waals surface area contributed by atoms with E-state index in [-0.39, 0.29) is 31.2 Å². The summed E-state index contributed by atoms with van der Waals surface area (Å²) in [7, 11) is 0. The molecule has 0 radical (unpaired) electrons. The van der Waals surface area contributed by atoms with Gasteiger partial charge < -0.3 is 21.3 Å². The number of nitrogens with two attached hydrogens (primary N) is 1. The van der Waals surface area contributed by atoms with E-state index < -0.39 is 0 Å². The zero-order valence-corrected chi connectivity index (χ0v) is 23.1. The lowest BCUT2D eigenvalue weighted by atomic mass is 10.0. The SMILES string of the molecule is CCCCCCCCCCCCCCCC(=O)N[C@H](CO)c1ccccc1.N[C@H](CO)c1ccccc1. The molecule has 5 N–H and O–H groups in total. The third kappa shape index (κ3) is 17.0. The average molecular weight is 513 g/mol. The highest BCUT2D eigenvalue weighted by molar-refractivity contribution is 5.76. The smallest absolute Gasteiger partial charge is 0.220 e. The zero-order valence-electron chi connectivity index (χ0n) is 23.1. The van der Waals surface area contributed by atoms with Crippen LogP contribution in [-0.2, 0) is 4.79 Å². The summed E-state index contributed by atoms with van der Waals surface area (Å²) >= 11 is 0. The highest BCUT2D eigenvalue weighted by Crippen LogP contribution is 2.14. The number of amides is 1. The lowest BCUT2D eigenvalue weighted by molar-refractivity contribution is -0.122. The number of unbranched alkanes of at least 4 members (excludes halogenated alkanes) is 12. The van der Waals surface area contributed by atoms with E-state index in [2.05, 4.69) is 12.2 Å². The molecule has 0 bridgehead atoms. The van der Waals surface area contributed by atoms with Crippen molar-refractivity contribution in [2.45, 2.75) is 109 Å². The molecule has 2 aromatic carbocycles. The van der Waals surface area contributed by atoms with E-state index in [1.54, 1.807) is 0 Å². The molecule has 0 aliphatic heterocycles. The molecule has 0 aliphatic carbocycles. The minimum absolute atomic E-state index is 0.00398. The van der Waals surface area contributed by atoms with Crippen LogP contribution in [0.2, 0.25) is 0 Å². The molecule has 2 rings (SSSR count). The minimum Gasteiger partial charge on any atom is -0.394 e. The van der Waals surface area contributed by atoms with Crippen molar-refractivity contribution in [3.63, 3.8) is 0 Å². The minimum atomic E-state index is -0.291. The van der Waals surface area contributed by atoms with Crippen molar-refractivity contribution in [3.8, 4) is 0 Å². The van der Waals surface area contributed by atoms with Gasteiger partial charge in [-0.25, -0.2) is 0 Å². The van der Waals surface area contributed by atoms with Gasteiger partial charge in [-0.05, 0) is 17.5 Å². The van der Waals surface area contributed by atoms with E-state index in [9.17, 15) is 9.90 Å². The lowest BCUT2D eigenvalue weighted by Gasteiger charge is -2.16. The Hall–Kier alpha value is -2.21. The van der Waals surface area contributed by atoms with Crippen molar-refractivity contribution in [2.24, 2.45) is 5.73 Å². The number of carbonyl (C=O) groups is 1. The van der Waals surface area contributed by atoms with E-state index >= 15 is 0 Å². The molecule has 37 heavy (non-hydrogen) atoms. The van der Waals surface area contributed by atoms with Gasteiger partial charge in [-0.2, -0.15) is 0 Å². The number of rotatable bonds is 19. The fraction of sp³-hybridized carbons (Fsp3) is 0.594. The van der Waals surface area contributed by atoms with Crippen LogP contribution in [0.5, 0.6) is 0 Å². The third-order valence-electron chi connectivity index (χ3n) is 6.65. The predicted molar refractivity (Wildman–Crippen MR) is 155 cm³/mol. The lowest BCUT2D eigenvalue weighted by Crippen LogP contribution is -2.30. The number of hydrogen-bond acceptors (Lipinski definition) is 4. The van der Waals surface area contributed by atoms with Crippen molar-refractivity contribution in [2.75, 3.05) is 13.2 Å². The van der Waals surface area contributed by atoms with Gasteiger partial charge in [-0.1, -0.05) is 145 Å². The van der Waals surface area contributed by atoms with Crippen LogP contribution in [0, 0.1) is 0 Å². The zero-order chi connectivity index (χ0) is 27.0. The van der Waals surface area contributed by atoms with Crippen LogP contribution in [0.15, 0.2) is 60.7 Å². The van der Waals surface area contributed by atoms with Gasteiger partial charge in [-0.3, -0.25) is 4.79 Å². The van der Waals surface area contributed by atoms with Gasteiger partial charge in [0.05, 0.1) is 25.3 Å². The molecule has 0 fully saturated rings. The summed E-state index contributed by atoms with van der Waals surface area (Å²) in [5, 5.41) is 21.1. The summed E-state index contributed by atoms with van der Waals surface area (Å²) in [6, 6.07) is 18.7. The molecule has 2 atom stereocenters. The van der Waals surface area contributed by atoms with Gasteiger partial charge in [0.15, 0.2) is 0 Å². The Labute approximate surface area is 225 Å². The fourth-order valence-corrected chi connectivity index (χ4v) is 4.30. The molecule has 0 aromatic heterocycles. The van der Waals surface area contributed by atoms with Gasteiger partial charge in [-0.15, -0.1) is 0 Å². The van der Waals surface area contributed by atoms with Gasteiger partial charge >= 0.3 is 0 Å². The van der Waals surface area contributed by atoms with Crippen LogP contribution < -0.4 is 11.1 Å². The molecule has 5 nitrogen and oxygen atoms in total. The number of carbonyl (C=O) groups excluding carboxylic acids is 1. The molecular weight excluding hydrogens is 460 g/mol. The topological polar surface area (TPSA) is 95.6 Å².